The highest BCUT2D eigenvalue weighted by Gasteiger charge is 2.06. The van der Waals surface area contributed by atoms with Gasteiger partial charge in [-0.3, -0.25) is 0 Å². The number of nitrogens with one attached hydrogen (secondary N) is 1. The van der Waals surface area contributed by atoms with Crippen LogP contribution in [0.15, 0.2) is 24.3 Å². The summed E-state index contributed by atoms with van der Waals surface area (Å²) in [5.41, 5.74) is 0.489. The van der Waals surface area contributed by atoms with Crippen LogP contribution in [0.2, 0.25) is 5.02 Å². The van der Waals surface area contributed by atoms with Gasteiger partial charge in [0.05, 0.1) is 5.56 Å². The molecular formula is C12H16ClNO2. The van der Waals surface area contributed by atoms with E-state index in [0.717, 1.165) is 13.0 Å². The smallest absolute Gasteiger partial charge is 0.338 e. The van der Waals surface area contributed by atoms with E-state index in [-0.39, 0.29) is 5.97 Å². The summed E-state index contributed by atoms with van der Waals surface area (Å²) in [4.78, 5) is 11.5. The van der Waals surface area contributed by atoms with E-state index in [1.165, 1.54) is 0 Å². The molecule has 4 heteroatoms. The molecule has 0 saturated heterocycles. The van der Waals surface area contributed by atoms with Crippen molar-refractivity contribution in [1.82, 2.24) is 5.32 Å². The SMILES string of the molecule is CCCNCCOC(=O)c1cccc(Cl)c1. The van der Waals surface area contributed by atoms with Gasteiger partial charge in [-0.15, -0.1) is 0 Å². The summed E-state index contributed by atoms with van der Waals surface area (Å²) in [6, 6.07) is 6.74. The number of carbonyl (C=O) groups is 1. The molecule has 1 aromatic carbocycles. The first kappa shape index (κ1) is 13.0. The minimum atomic E-state index is -0.333. The highest BCUT2D eigenvalue weighted by atomic mass is 35.5. The molecule has 1 N–H and O–H groups in total. The van der Waals surface area contributed by atoms with Crippen LogP contribution in [0.1, 0.15) is 23.7 Å². The predicted molar refractivity (Wildman–Crippen MR) is 64.9 cm³/mol. The number of ether oxygens (including phenoxy) is 1. The van der Waals surface area contributed by atoms with Gasteiger partial charge in [-0.1, -0.05) is 24.6 Å². The summed E-state index contributed by atoms with van der Waals surface area (Å²) < 4.78 is 5.07. The maximum absolute atomic E-state index is 11.5. The monoisotopic (exact) mass is 241 g/mol. The Bertz CT molecular complexity index is 342. The lowest BCUT2D eigenvalue weighted by atomic mass is 10.2. The van der Waals surface area contributed by atoms with Crippen LogP contribution >= 0.6 is 11.6 Å². The lowest BCUT2D eigenvalue weighted by Crippen LogP contribution is -2.22. The second-order valence-electron chi connectivity index (χ2n) is 3.40. The van der Waals surface area contributed by atoms with Gasteiger partial charge in [0.2, 0.25) is 0 Å². The molecule has 0 spiro atoms. The van der Waals surface area contributed by atoms with Crippen LogP contribution < -0.4 is 5.32 Å². The molecule has 0 aliphatic heterocycles. The first-order valence-electron chi connectivity index (χ1n) is 5.37. The molecule has 3 nitrogen and oxygen atoms in total. The Labute approximate surface area is 101 Å². The Balaban J connectivity index is 2.30. The molecule has 0 saturated carbocycles. The van der Waals surface area contributed by atoms with Gasteiger partial charge in [-0.25, -0.2) is 4.79 Å². The summed E-state index contributed by atoms with van der Waals surface area (Å²) in [7, 11) is 0. The zero-order chi connectivity index (χ0) is 11.8. The zero-order valence-corrected chi connectivity index (χ0v) is 10.1. The Hall–Kier alpha value is -1.06. The second kappa shape index (κ2) is 7.25. The number of esters is 1. The fourth-order valence-corrected chi connectivity index (χ4v) is 1.41. The molecule has 88 valence electrons. The Kier molecular flexibility index (Phi) is 5.90. The summed E-state index contributed by atoms with van der Waals surface area (Å²) in [6.07, 6.45) is 1.07. The molecule has 0 heterocycles. The van der Waals surface area contributed by atoms with Crippen molar-refractivity contribution in [1.29, 1.82) is 0 Å². The third-order valence-electron chi connectivity index (χ3n) is 2.00. The maximum Gasteiger partial charge on any atom is 0.338 e. The number of rotatable bonds is 6. The first-order valence-corrected chi connectivity index (χ1v) is 5.75. The van der Waals surface area contributed by atoms with E-state index in [1.54, 1.807) is 24.3 Å². The van der Waals surface area contributed by atoms with Gasteiger partial charge in [0, 0.05) is 11.6 Å². The predicted octanol–water partition coefficient (Wildman–Crippen LogP) is 2.50. The maximum atomic E-state index is 11.5. The van der Waals surface area contributed by atoms with Gasteiger partial charge >= 0.3 is 5.97 Å². The summed E-state index contributed by atoms with van der Waals surface area (Å²) in [5, 5.41) is 3.69. The molecule has 0 aliphatic rings. The third-order valence-corrected chi connectivity index (χ3v) is 2.23. The van der Waals surface area contributed by atoms with E-state index < -0.39 is 0 Å². The fraction of sp³-hybridized carbons (Fsp3) is 0.417. The van der Waals surface area contributed by atoms with Crippen LogP contribution in [0.3, 0.4) is 0 Å². The highest BCUT2D eigenvalue weighted by molar-refractivity contribution is 6.30. The number of hydrogen-bond acceptors (Lipinski definition) is 3. The number of carbonyl (C=O) groups excluding carboxylic acids is 1. The normalized spacial score (nSPS) is 10.1. The van der Waals surface area contributed by atoms with Gasteiger partial charge in [0.25, 0.3) is 0 Å². The average molecular weight is 242 g/mol. The van der Waals surface area contributed by atoms with E-state index in [1.807, 2.05) is 0 Å². The van der Waals surface area contributed by atoms with E-state index in [4.69, 9.17) is 16.3 Å². The van der Waals surface area contributed by atoms with Crippen molar-refractivity contribution in [2.24, 2.45) is 0 Å². The highest BCUT2D eigenvalue weighted by Crippen LogP contribution is 2.11. The van der Waals surface area contributed by atoms with Crippen molar-refractivity contribution < 1.29 is 9.53 Å². The largest absolute Gasteiger partial charge is 0.461 e. The van der Waals surface area contributed by atoms with E-state index in [9.17, 15) is 4.79 Å². The van der Waals surface area contributed by atoms with Crippen LogP contribution in [0.5, 0.6) is 0 Å². The molecule has 0 aliphatic carbocycles. The van der Waals surface area contributed by atoms with Crippen molar-refractivity contribution in [2.75, 3.05) is 19.7 Å². The van der Waals surface area contributed by atoms with Crippen LogP contribution in [0.25, 0.3) is 0 Å². The third kappa shape index (κ3) is 4.64. The molecule has 16 heavy (non-hydrogen) atoms. The van der Waals surface area contributed by atoms with Gasteiger partial charge in [-0.2, -0.15) is 0 Å². The molecule has 0 unspecified atom stereocenters. The summed E-state index contributed by atoms with van der Waals surface area (Å²) in [6.45, 7) is 4.09. The number of benzene rings is 1. The van der Waals surface area contributed by atoms with Gasteiger partial charge < -0.3 is 10.1 Å². The molecule has 1 aromatic rings. The summed E-state index contributed by atoms with van der Waals surface area (Å²) in [5.74, 6) is -0.333. The van der Waals surface area contributed by atoms with Crippen LogP contribution in [-0.4, -0.2) is 25.7 Å². The van der Waals surface area contributed by atoms with Crippen molar-refractivity contribution in [3.63, 3.8) is 0 Å². The Morgan fingerprint density at radius 3 is 2.94 bits per heavy atom. The quantitative estimate of drug-likeness (QED) is 0.614. The van der Waals surface area contributed by atoms with Crippen molar-refractivity contribution in [3.8, 4) is 0 Å². The van der Waals surface area contributed by atoms with Crippen LogP contribution in [0, 0.1) is 0 Å². The lowest BCUT2D eigenvalue weighted by Gasteiger charge is -2.05. The molecular weight excluding hydrogens is 226 g/mol. The molecule has 0 amide bonds. The molecule has 0 atom stereocenters. The minimum absolute atomic E-state index is 0.333. The molecule has 0 aromatic heterocycles. The first-order chi connectivity index (χ1) is 7.74. The van der Waals surface area contributed by atoms with Crippen molar-refractivity contribution >= 4 is 17.6 Å². The Morgan fingerprint density at radius 2 is 2.25 bits per heavy atom. The Morgan fingerprint density at radius 1 is 1.44 bits per heavy atom. The van der Waals surface area contributed by atoms with Crippen molar-refractivity contribution in [2.45, 2.75) is 13.3 Å². The van der Waals surface area contributed by atoms with Gasteiger partial charge in [0.1, 0.15) is 6.61 Å². The van der Waals surface area contributed by atoms with Crippen LogP contribution in [-0.2, 0) is 4.74 Å². The molecule has 1 rings (SSSR count). The minimum Gasteiger partial charge on any atom is -0.461 e. The van der Waals surface area contributed by atoms with E-state index in [2.05, 4.69) is 12.2 Å². The lowest BCUT2D eigenvalue weighted by molar-refractivity contribution is 0.0509. The van der Waals surface area contributed by atoms with Gasteiger partial charge in [-0.05, 0) is 31.2 Å². The van der Waals surface area contributed by atoms with E-state index in [0.29, 0.717) is 23.7 Å². The summed E-state index contributed by atoms with van der Waals surface area (Å²) >= 11 is 5.77. The topological polar surface area (TPSA) is 38.3 Å². The number of halogens is 1. The average Bonchev–Trinajstić information content (AvgIpc) is 2.28. The number of hydrogen-bond donors (Lipinski definition) is 1. The fourth-order valence-electron chi connectivity index (χ4n) is 1.22. The molecule has 0 bridgehead atoms. The van der Waals surface area contributed by atoms with Crippen molar-refractivity contribution in [3.05, 3.63) is 34.9 Å². The van der Waals surface area contributed by atoms with Gasteiger partial charge in [0.15, 0.2) is 0 Å². The standard InChI is InChI=1S/C12H16ClNO2/c1-2-6-14-7-8-16-12(15)10-4-3-5-11(13)9-10/h3-5,9,14H,2,6-8H2,1H3. The molecule has 0 fully saturated rings. The van der Waals surface area contributed by atoms with Crippen LogP contribution in [0.4, 0.5) is 0 Å². The van der Waals surface area contributed by atoms with E-state index >= 15 is 0 Å². The second-order valence-corrected chi connectivity index (χ2v) is 3.83. The molecule has 0 radical (unpaired) electrons. The zero-order valence-electron chi connectivity index (χ0n) is 9.33.